The van der Waals surface area contributed by atoms with Crippen LogP contribution in [-0.2, 0) is 38.4 Å². The molecule has 0 atom stereocenters. The van der Waals surface area contributed by atoms with E-state index >= 15 is 0 Å². The molecule has 1 saturated heterocycles. The molecular formula is C53H55F6N7O9S2. The van der Waals surface area contributed by atoms with Gasteiger partial charge in [0.2, 0.25) is 0 Å². The van der Waals surface area contributed by atoms with Gasteiger partial charge < -0.3 is 29.0 Å². The van der Waals surface area contributed by atoms with E-state index in [-0.39, 0.29) is 38.9 Å². The van der Waals surface area contributed by atoms with Crippen molar-refractivity contribution in [3.63, 3.8) is 0 Å². The van der Waals surface area contributed by atoms with Crippen molar-refractivity contribution in [3.05, 3.63) is 138 Å². The van der Waals surface area contributed by atoms with Gasteiger partial charge in [0.25, 0.3) is 0 Å². The number of rotatable bonds is 19. The van der Waals surface area contributed by atoms with Crippen LogP contribution < -0.4 is 30.5 Å². The second kappa shape index (κ2) is 26.2. The number of aliphatic hydroxyl groups excluding tert-OH is 1. The lowest BCUT2D eigenvalue weighted by molar-refractivity contribution is -0.138. The molecule has 0 spiro atoms. The van der Waals surface area contributed by atoms with Gasteiger partial charge in [0.15, 0.2) is 11.6 Å². The zero-order chi connectivity index (χ0) is 53.8. The number of nitrogens with zero attached hydrogens (tertiary/aromatic N) is 5. The van der Waals surface area contributed by atoms with E-state index in [1.807, 2.05) is 0 Å². The molecule has 410 valence electrons. The molecule has 4 aromatic carbocycles. The molecule has 77 heavy (non-hydrogen) atoms. The van der Waals surface area contributed by atoms with E-state index < -0.39 is 35.0 Å². The van der Waals surface area contributed by atoms with Gasteiger partial charge in [-0.3, -0.25) is 19.0 Å². The van der Waals surface area contributed by atoms with Crippen LogP contribution in [0.5, 0.6) is 23.0 Å². The monoisotopic (exact) mass is 1110 g/mol. The fraction of sp³-hybridized carbons (Fsp3) is 0.358. The van der Waals surface area contributed by atoms with E-state index in [0.29, 0.717) is 73.8 Å². The molecule has 1 fully saturated rings. The Kier molecular flexibility index (Phi) is 19.5. The Balaban J connectivity index is 0.000000224. The highest BCUT2D eigenvalue weighted by Gasteiger charge is 2.31. The van der Waals surface area contributed by atoms with Crippen LogP contribution in [0.15, 0.2) is 104 Å². The average Bonchev–Trinajstić information content (AvgIpc) is 4.21. The Hall–Kier alpha value is -7.28. The van der Waals surface area contributed by atoms with Crippen molar-refractivity contribution in [1.29, 1.82) is 0 Å². The fourth-order valence-corrected chi connectivity index (χ4v) is 10.3. The highest BCUT2D eigenvalue weighted by Crippen LogP contribution is 2.38. The van der Waals surface area contributed by atoms with Gasteiger partial charge in [-0.1, -0.05) is 54.8 Å². The first-order chi connectivity index (χ1) is 36.6. The van der Waals surface area contributed by atoms with Crippen molar-refractivity contribution in [1.82, 2.24) is 35.1 Å². The third-order valence-electron chi connectivity index (χ3n) is 12.1. The normalized spacial score (nSPS) is 13.1. The van der Waals surface area contributed by atoms with E-state index in [0.717, 1.165) is 72.2 Å². The van der Waals surface area contributed by atoms with Crippen molar-refractivity contribution in [2.24, 2.45) is 0 Å². The lowest BCUT2D eigenvalue weighted by Crippen LogP contribution is -2.26. The topological polar surface area (TPSA) is 204 Å². The lowest BCUT2D eigenvalue weighted by Gasteiger charge is -2.19. The number of aromatic amines is 2. The summed E-state index contributed by atoms with van der Waals surface area (Å²) in [6.45, 7) is 3.59. The quantitative estimate of drug-likeness (QED) is 0.0645. The van der Waals surface area contributed by atoms with Gasteiger partial charge in [0.05, 0.1) is 57.6 Å². The number of alkyl halides is 6. The molecule has 1 aliphatic heterocycles. The van der Waals surface area contributed by atoms with Crippen LogP contribution in [0, 0.1) is 0 Å². The zero-order valence-electron chi connectivity index (χ0n) is 41.0. The number of aromatic nitrogens is 6. The minimum Gasteiger partial charge on any atom is -0.496 e. The number of halogens is 6. The molecule has 4 aromatic heterocycles. The fourth-order valence-electron chi connectivity index (χ4n) is 8.21. The largest absolute Gasteiger partial charge is 0.496 e. The lowest BCUT2D eigenvalue weighted by atomic mass is 10.1. The van der Waals surface area contributed by atoms with E-state index in [1.165, 1.54) is 86.8 Å². The van der Waals surface area contributed by atoms with Crippen LogP contribution in [0.4, 0.5) is 26.3 Å². The molecule has 24 heteroatoms. The molecular weight excluding hydrogens is 1060 g/mol. The van der Waals surface area contributed by atoms with Crippen LogP contribution in [0.2, 0.25) is 0 Å². The maximum absolute atomic E-state index is 13.1. The molecule has 5 heterocycles. The highest BCUT2D eigenvalue weighted by molar-refractivity contribution is 7.15. The number of benzene rings is 4. The standard InChI is InChI=1S/C29H31F3N4O4S.C23H20F3N3O5S.CH4/c1-38-24-17-21(12-13-22(24)26-34-28(37)40-35-26)39-18-25-23(7-6-16-36-14-4-2-3-5-15-36)33-27(41-25)19-8-10-20(11-9-19)29(30,31)32;1-32-18-11-15(8-9-16(18)20-28-22(31)34-29-20)33-12-19-17(3-2-10-30)27-21(35-19)13-4-6-14(7-5-13)23(24,25)26;/h8-13,17H,2-7,14-16,18H2,1H3,(H,34,35,37);4-9,11,30H,2-3,10,12H2,1H3,(H,28,29,31);1H4. The summed E-state index contributed by atoms with van der Waals surface area (Å²) in [7, 11) is 2.97. The van der Waals surface area contributed by atoms with E-state index in [1.54, 1.807) is 36.4 Å². The van der Waals surface area contributed by atoms with Crippen LogP contribution in [0.3, 0.4) is 0 Å². The molecule has 3 N–H and O–H groups in total. The summed E-state index contributed by atoms with van der Waals surface area (Å²) in [6.07, 6.45) is -1.13. The van der Waals surface area contributed by atoms with E-state index in [4.69, 9.17) is 23.9 Å². The van der Waals surface area contributed by atoms with Gasteiger partial charge in [0, 0.05) is 29.9 Å². The summed E-state index contributed by atoms with van der Waals surface area (Å²) in [6, 6.07) is 20.0. The summed E-state index contributed by atoms with van der Waals surface area (Å²) in [4.78, 5) is 41.2. The van der Waals surface area contributed by atoms with Gasteiger partial charge >= 0.3 is 23.9 Å². The summed E-state index contributed by atoms with van der Waals surface area (Å²) in [5.74, 6) is 0.973. The third-order valence-corrected chi connectivity index (χ3v) is 14.4. The first-order valence-electron chi connectivity index (χ1n) is 24.0. The molecule has 1 aliphatic rings. The van der Waals surface area contributed by atoms with Crippen molar-refractivity contribution in [2.75, 3.05) is 40.5 Å². The first kappa shape index (κ1) is 57.4. The number of hydrogen-bond acceptors (Lipinski definition) is 16. The molecule has 8 aromatic rings. The predicted molar refractivity (Wildman–Crippen MR) is 277 cm³/mol. The maximum Gasteiger partial charge on any atom is 0.439 e. The SMILES string of the molecule is C.COc1cc(OCc2sc(-c3ccc(C(F)(F)F)cc3)nc2CCCN2CCCCCC2)ccc1-c1noc(=O)[nH]1.COc1cc(OCc2sc(-c3ccc(C(F)(F)F)cc3)nc2CCCO)ccc1-c1noc(=O)[nH]1. The molecule has 0 bridgehead atoms. The molecule has 0 unspecified atom stereocenters. The number of aryl methyl sites for hydroxylation is 2. The van der Waals surface area contributed by atoms with Crippen LogP contribution in [-0.4, -0.2) is 80.7 Å². The number of nitrogens with one attached hydrogen (secondary N) is 2. The number of aliphatic hydroxyl groups is 1. The van der Waals surface area contributed by atoms with Crippen LogP contribution >= 0.6 is 22.7 Å². The zero-order valence-corrected chi connectivity index (χ0v) is 42.6. The van der Waals surface area contributed by atoms with Gasteiger partial charge in [-0.15, -0.1) is 22.7 Å². The Bertz CT molecular complexity index is 3270. The maximum atomic E-state index is 13.1. The number of H-pyrrole nitrogens is 2. The second-order valence-corrected chi connectivity index (χ2v) is 19.5. The smallest absolute Gasteiger partial charge is 0.439 e. The first-order valence-corrected chi connectivity index (χ1v) is 25.6. The number of ether oxygens (including phenoxy) is 4. The molecule has 0 amide bonds. The van der Waals surface area contributed by atoms with Gasteiger partial charge in [-0.05, 0) is 107 Å². The molecule has 9 rings (SSSR count). The molecule has 0 radical (unpaired) electrons. The number of likely N-dealkylation sites (tertiary alicyclic amines) is 1. The summed E-state index contributed by atoms with van der Waals surface area (Å²) in [5.41, 5.74) is 2.44. The Morgan fingerprint density at radius 2 is 1.05 bits per heavy atom. The number of thiazole rings is 2. The Labute approximate surface area is 445 Å². The molecule has 0 aliphatic carbocycles. The van der Waals surface area contributed by atoms with E-state index in [9.17, 15) is 41.0 Å². The molecule has 0 saturated carbocycles. The minimum atomic E-state index is -4.41. The van der Waals surface area contributed by atoms with Crippen LogP contribution in [0.25, 0.3) is 43.9 Å². The average molecular weight is 1110 g/mol. The Morgan fingerprint density at radius 1 is 0.623 bits per heavy atom. The number of hydrogen-bond donors (Lipinski definition) is 3. The van der Waals surface area contributed by atoms with Gasteiger partial charge in [-0.25, -0.2) is 19.6 Å². The summed E-state index contributed by atoms with van der Waals surface area (Å²) >= 11 is 2.74. The predicted octanol–water partition coefficient (Wildman–Crippen LogP) is 11.9. The number of methoxy groups -OCH3 is 2. The summed E-state index contributed by atoms with van der Waals surface area (Å²) < 4.78 is 110. The third kappa shape index (κ3) is 15.2. The Morgan fingerprint density at radius 3 is 1.43 bits per heavy atom. The van der Waals surface area contributed by atoms with Gasteiger partial charge in [0.1, 0.15) is 46.2 Å². The minimum absolute atomic E-state index is 0. The van der Waals surface area contributed by atoms with E-state index in [2.05, 4.69) is 39.2 Å². The van der Waals surface area contributed by atoms with Crippen molar-refractivity contribution < 1.29 is 59.4 Å². The van der Waals surface area contributed by atoms with Crippen LogP contribution in [0.1, 0.15) is 78.2 Å². The highest BCUT2D eigenvalue weighted by atomic mass is 32.1. The van der Waals surface area contributed by atoms with Gasteiger partial charge in [-0.2, -0.15) is 26.3 Å². The second-order valence-electron chi connectivity index (χ2n) is 17.3. The van der Waals surface area contributed by atoms with Crippen molar-refractivity contribution >= 4 is 22.7 Å². The summed E-state index contributed by atoms with van der Waals surface area (Å²) in [5, 5.41) is 17.8. The van der Waals surface area contributed by atoms with Crippen molar-refractivity contribution in [3.8, 4) is 66.9 Å². The molecule has 16 nitrogen and oxygen atoms in total. The van der Waals surface area contributed by atoms with Crippen molar-refractivity contribution in [2.45, 2.75) is 84.4 Å².